The van der Waals surface area contributed by atoms with Crippen molar-refractivity contribution in [2.45, 2.75) is 134 Å². The van der Waals surface area contributed by atoms with Crippen molar-refractivity contribution in [2.75, 3.05) is 18.8 Å². The average Bonchev–Trinajstić information content (AvgIpc) is 3.92. The molecule has 2 saturated heterocycles. The highest BCUT2D eigenvalue weighted by Crippen LogP contribution is 2.48. The molecule has 2 aliphatic carbocycles. The van der Waals surface area contributed by atoms with E-state index in [1.165, 1.54) is 35.3 Å². The molecule has 2 aliphatic heterocycles. The summed E-state index contributed by atoms with van der Waals surface area (Å²) in [6.07, 6.45) is 11.2. The van der Waals surface area contributed by atoms with Crippen molar-refractivity contribution in [1.82, 2.24) is 41.0 Å². The fraction of sp³-hybridized carbons (Fsp3) is 0.614. The van der Waals surface area contributed by atoms with Gasteiger partial charge in [-0.1, -0.05) is 83.7 Å². The fourth-order valence-electron chi connectivity index (χ4n) is 8.64. The summed E-state index contributed by atoms with van der Waals surface area (Å²) in [5.41, 5.74) is 0.0157. The summed E-state index contributed by atoms with van der Waals surface area (Å²) in [6.45, 7) is 9.64. The molecule has 6 amide bonds. The van der Waals surface area contributed by atoms with Gasteiger partial charge in [-0.15, -0.1) is 11.8 Å². The molecule has 1 aromatic heterocycles. The molecule has 60 heavy (non-hydrogen) atoms. The smallest absolute Gasteiger partial charge is 0.290 e. The standard InChI is InChI=1S/C44H60N8O7S/c1-6-13-31(36(54)41(58)47-27(2)29-14-9-7-10-15-29)48-39(56)33-22-44(52(24-28-18-19-28)34(53)25-60-44)26-51(33)42(59)37(43(3,4)5)50-40(57)35(30-16-11-8-12-17-30)49-38(55)32-23-45-20-21-46-32/h7,9-10,14-15,20-21,23,27-28,30-31,33,35,37H,6,8,11-13,16-19,22,24-26H2,1-5H3,(H,47,58)(H,48,56)(H,49,55)(H,50,57)/t27-,31?,33-,35?,37?,44?/m0/s1. The van der Waals surface area contributed by atoms with Crippen LogP contribution in [0.15, 0.2) is 48.9 Å². The molecule has 324 valence electrons. The summed E-state index contributed by atoms with van der Waals surface area (Å²) < 4.78 is 0. The van der Waals surface area contributed by atoms with Gasteiger partial charge >= 0.3 is 0 Å². The van der Waals surface area contributed by atoms with Crippen LogP contribution in [0.1, 0.15) is 121 Å². The molecule has 2 aromatic rings. The Morgan fingerprint density at radius 1 is 0.933 bits per heavy atom. The summed E-state index contributed by atoms with van der Waals surface area (Å²) >= 11 is 1.41. The van der Waals surface area contributed by atoms with Crippen LogP contribution in [0.5, 0.6) is 0 Å². The van der Waals surface area contributed by atoms with Crippen LogP contribution in [0.3, 0.4) is 0 Å². The number of likely N-dealkylation sites (tertiary alicyclic amines) is 1. The van der Waals surface area contributed by atoms with Crippen molar-refractivity contribution in [3.05, 3.63) is 60.2 Å². The minimum atomic E-state index is -1.16. The second kappa shape index (κ2) is 19.2. The van der Waals surface area contributed by atoms with E-state index in [0.717, 1.165) is 37.7 Å². The number of amides is 6. The molecule has 16 heteroatoms. The van der Waals surface area contributed by atoms with Crippen molar-refractivity contribution in [3.8, 4) is 0 Å². The first-order valence-electron chi connectivity index (χ1n) is 21.4. The Bertz CT molecular complexity index is 1900. The SMILES string of the molecule is CCCC(NC(=O)[C@@H]1CC2(CN1C(=O)C(NC(=O)C(NC(=O)c1cnccn1)C1CCCCC1)C(C)(C)C)SCC(=O)N2CC1CC1)C(=O)C(=O)N[C@@H](C)c1ccccc1. The summed E-state index contributed by atoms with van der Waals surface area (Å²) in [5, 5.41) is 11.5. The number of aromatic nitrogens is 2. The number of rotatable bonds is 16. The molecule has 4 aliphatic rings. The molecule has 4 unspecified atom stereocenters. The lowest BCUT2D eigenvalue weighted by Gasteiger charge is -2.38. The topological polar surface area (TPSA) is 200 Å². The zero-order valence-electron chi connectivity index (χ0n) is 35.4. The number of hydrogen-bond acceptors (Lipinski definition) is 10. The number of ketones is 1. The van der Waals surface area contributed by atoms with Crippen LogP contribution in [0.2, 0.25) is 0 Å². The molecule has 2 saturated carbocycles. The number of nitrogens with one attached hydrogen (secondary N) is 4. The van der Waals surface area contributed by atoms with Gasteiger partial charge in [-0.25, -0.2) is 4.98 Å². The van der Waals surface area contributed by atoms with E-state index in [2.05, 4.69) is 31.2 Å². The van der Waals surface area contributed by atoms with Crippen LogP contribution in [0.4, 0.5) is 0 Å². The minimum absolute atomic E-state index is 0.0342. The maximum Gasteiger partial charge on any atom is 0.290 e. The lowest BCUT2D eigenvalue weighted by molar-refractivity contribution is -0.145. The summed E-state index contributed by atoms with van der Waals surface area (Å²) in [6, 6.07) is 4.38. The highest BCUT2D eigenvalue weighted by molar-refractivity contribution is 8.01. The molecule has 1 spiro atoms. The minimum Gasteiger partial charge on any atom is -0.344 e. The van der Waals surface area contributed by atoms with Crippen LogP contribution in [-0.4, -0.2) is 109 Å². The quantitative estimate of drug-likeness (QED) is 0.181. The second-order valence-electron chi connectivity index (χ2n) is 17.9. The maximum atomic E-state index is 15.1. The average molecular weight is 845 g/mol. The number of benzene rings is 1. The van der Waals surface area contributed by atoms with E-state index in [0.29, 0.717) is 31.7 Å². The Hall–Kier alpha value is -4.86. The van der Waals surface area contributed by atoms with Gasteiger partial charge in [-0.05, 0) is 61.8 Å². The predicted octanol–water partition coefficient (Wildman–Crippen LogP) is 3.70. The van der Waals surface area contributed by atoms with Gasteiger partial charge < -0.3 is 31.1 Å². The van der Waals surface area contributed by atoms with Gasteiger partial charge in [-0.3, -0.25) is 38.5 Å². The van der Waals surface area contributed by atoms with Gasteiger partial charge in [0.2, 0.25) is 29.4 Å². The summed E-state index contributed by atoms with van der Waals surface area (Å²) in [7, 11) is 0. The Kier molecular flexibility index (Phi) is 14.3. The van der Waals surface area contributed by atoms with E-state index in [4.69, 9.17) is 0 Å². The van der Waals surface area contributed by atoms with Crippen LogP contribution < -0.4 is 21.3 Å². The molecular formula is C44H60N8O7S. The Morgan fingerprint density at radius 2 is 1.65 bits per heavy atom. The van der Waals surface area contributed by atoms with E-state index < -0.39 is 75.8 Å². The van der Waals surface area contributed by atoms with Crippen molar-refractivity contribution >= 4 is 53.0 Å². The van der Waals surface area contributed by atoms with Gasteiger partial charge in [0, 0.05) is 25.4 Å². The third kappa shape index (κ3) is 10.5. The Labute approximate surface area is 356 Å². The van der Waals surface area contributed by atoms with E-state index >= 15 is 4.79 Å². The third-order valence-electron chi connectivity index (χ3n) is 12.3. The first-order valence-corrected chi connectivity index (χ1v) is 22.4. The molecular weight excluding hydrogens is 785 g/mol. The fourth-order valence-corrected chi connectivity index (χ4v) is 10.0. The van der Waals surface area contributed by atoms with Gasteiger partial charge in [0.25, 0.3) is 11.8 Å². The normalized spacial score (nSPS) is 22.8. The monoisotopic (exact) mass is 844 g/mol. The van der Waals surface area contributed by atoms with Crippen molar-refractivity contribution < 1.29 is 33.6 Å². The van der Waals surface area contributed by atoms with Gasteiger partial charge in [0.05, 0.1) is 30.6 Å². The van der Waals surface area contributed by atoms with Crippen LogP contribution in [0, 0.1) is 17.3 Å². The van der Waals surface area contributed by atoms with E-state index in [-0.39, 0.29) is 42.7 Å². The lowest BCUT2D eigenvalue weighted by atomic mass is 9.82. The van der Waals surface area contributed by atoms with E-state index in [9.17, 15) is 28.8 Å². The highest BCUT2D eigenvalue weighted by Gasteiger charge is 2.58. The molecule has 4 fully saturated rings. The molecule has 6 atom stereocenters. The van der Waals surface area contributed by atoms with Gasteiger partial charge in [0.1, 0.15) is 28.7 Å². The number of Topliss-reactive ketones (excluding diaryl/α,β-unsaturated/α-hetero) is 1. The predicted molar refractivity (Wildman–Crippen MR) is 226 cm³/mol. The zero-order valence-corrected chi connectivity index (χ0v) is 36.2. The van der Waals surface area contributed by atoms with E-state index in [1.54, 1.807) is 6.92 Å². The number of carbonyl (C=O) groups is 7. The first-order chi connectivity index (χ1) is 28.6. The third-order valence-corrected chi connectivity index (χ3v) is 13.7. The Balaban J connectivity index is 1.27. The molecule has 1 aromatic carbocycles. The van der Waals surface area contributed by atoms with Crippen molar-refractivity contribution in [1.29, 1.82) is 0 Å². The van der Waals surface area contributed by atoms with Crippen molar-refractivity contribution in [2.24, 2.45) is 17.3 Å². The van der Waals surface area contributed by atoms with Crippen LogP contribution in [0.25, 0.3) is 0 Å². The number of carbonyl (C=O) groups excluding carboxylic acids is 7. The first kappa shape index (κ1) is 44.7. The zero-order chi connectivity index (χ0) is 43.2. The summed E-state index contributed by atoms with van der Waals surface area (Å²) in [4.78, 5) is 109. The van der Waals surface area contributed by atoms with Gasteiger partial charge in [-0.2, -0.15) is 0 Å². The highest BCUT2D eigenvalue weighted by atomic mass is 32.2. The largest absolute Gasteiger partial charge is 0.344 e. The second-order valence-corrected chi connectivity index (χ2v) is 19.3. The number of nitrogens with zero attached hydrogens (tertiary/aromatic N) is 4. The lowest BCUT2D eigenvalue weighted by Crippen LogP contribution is -2.62. The van der Waals surface area contributed by atoms with Crippen LogP contribution in [-0.2, 0) is 28.8 Å². The van der Waals surface area contributed by atoms with Gasteiger partial charge in [0.15, 0.2) is 0 Å². The number of thioether (sulfide) groups is 1. The molecule has 15 nitrogen and oxygen atoms in total. The van der Waals surface area contributed by atoms with E-state index in [1.807, 2.05) is 62.9 Å². The van der Waals surface area contributed by atoms with Crippen molar-refractivity contribution in [3.63, 3.8) is 0 Å². The number of hydrogen-bond donors (Lipinski definition) is 4. The van der Waals surface area contributed by atoms with Crippen LogP contribution >= 0.6 is 11.8 Å². The maximum absolute atomic E-state index is 15.1. The molecule has 3 heterocycles. The summed E-state index contributed by atoms with van der Waals surface area (Å²) in [5.74, 6) is -3.52. The Morgan fingerprint density at radius 3 is 2.28 bits per heavy atom. The molecule has 6 rings (SSSR count). The molecule has 0 radical (unpaired) electrons. The molecule has 0 bridgehead atoms. The molecule has 4 N–H and O–H groups in total.